The van der Waals surface area contributed by atoms with Crippen LogP contribution in [0.4, 0.5) is 0 Å². The minimum Gasteiger partial charge on any atom is -0.370 e. The molecular weight excluding hydrogens is 229 g/mol. The molecule has 9 heavy (non-hydrogen) atoms. The van der Waals surface area contributed by atoms with Gasteiger partial charge in [-0.1, -0.05) is 29.5 Å². The van der Waals surface area contributed by atoms with E-state index in [4.69, 9.17) is 5.73 Å². The number of nitrogens with one attached hydrogen (secondary N) is 1. The summed E-state index contributed by atoms with van der Waals surface area (Å²) in [6, 6.07) is 0.450. The van der Waals surface area contributed by atoms with Crippen molar-refractivity contribution in [2.45, 2.75) is 16.9 Å². The maximum atomic E-state index is 5.40. The molecule has 0 aromatic carbocycles. The van der Waals surface area contributed by atoms with E-state index in [0.29, 0.717) is 15.9 Å². The van der Waals surface area contributed by atoms with Crippen molar-refractivity contribution in [3.8, 4) is 0 Å². The summed E-state index contributed by atoms with van der Waals surface area (Å²) in [6.07, 6.45) is 0. The van der Waals surface area contributed by atoms with Gasteiger partial charge in [-0.05, 0) is 0 Å². The molecule has 2 atom stereocenters. The number of rotatable bonds is 1. The quantitative estimate of drug-likeness (QED) is 0.503. The van der Waals surface area contributed by atoms with E-state index in [0.717, 1.165) is 6.54 Å². The van der Waals surface area contributed by atoms with Crippen molar-refractivity contribution in [2.24, 2.45) is 10.7 Å². The zero-order chi connectivity index (χ0) is 6.85. The van der Waals surface area contributed by atoms with Crippen LogP contribution in [0.15, 0.2) is 4.99 Å². The fraction of sp³-hybridized carbons (Fsp3) is 0.800. The lowest BCUT2D eigenvalue weighted by Crippen LogP contribution is -2.39. The van der Waals surface area contributed by atoms with Crippen LogP contribution >= 0.6 is 22.6 Å². The minimum atomic E-state index is 0.450. The van der Waals surface area contributed by atoms with Crippen LogP contribution in [0.25, 0.3) is 0 Å². The summed E-state index contributed by atoms with van der Waals surface area (Å²) in [6.45, 7) is 2.97. The van der Waals surface area contributed by atoms with Crippen LogP contribution in [0.2, 0.25) is 0 Å². The number of nitrogens with two attached hydrogens (primary N) is 1. The summed E-state index contributed by atoms with van der Waals surface area (Å²) >= 11 is 2.36. The molecule has 0 amide bonds. The summed E-state index contributed by atoms with van der Waals surface area (Å²) in [5.41, 5.74) is 5.40. The molecule has 1 aliphatic heterocycles. The SMILES string of the molecule is CC(I)C1CN=C(N)N1. The Hall–Kier alpha value is 0. The normalized spacial score (nSPS) is 29.1. The van der Waals surface area contributed by atoms with Gasteiger partial charge in [0.25, 0.3) is 0 Å². The van der Waals surface area contributed by atoms with Gasteiger partial charge in [0.05, 0.1) is 12.6 Å². The van der Waals surface area contributed by atoms with Crippen molar-refractivity contribution in [1.82, 2.24) is 5.32 Å². The standard InChI is InChI=1S/C5H10IN3/c1-3(6)4-2-8-5(7)9-4/h3-4H,2H2,1H3,(H3,7,8,9). The first kappa shape index (κ1) is 7.11. The predicted molar refractivity (Wildman–Crippen MR) is 46.9 cm³/mol. The summed E-state index contributed by atoms with van der Waals surface area (Å²) < 4.78 is 0.590. The van der Waals surface area contributed by atoms with Crippen molar-refractivity contribution in [2.75, 3.05) is 6.54 Å². The molecule has 1 aliphatic rings. The van der Waals surface area contributed by atoms with Gasteiger partial charge in [0.2, 0.25) is 0 Å². The molecule has 3 N–H and O–H groups in total. The largest absolute Gasteiger partial charge is 0.370 e. The third kappa shape index (κ3) is 1.70. The fourth-order valence-electron chi connectivity index (χ4n) is 0.738. The molecule has 0 aliphatic carbocycles. The number of hydrogen-bond donors (Lipinski definition) is 2. The van der Waals surface area contributed by atoms with Gasteiger partial charge in [0, 0.05) is 3.92 Å². The Bertz CT molecular complexity index is 132. The van der Waals surface area contributed by atoms with Crippen LogP contribution in [0.3, 0.4) is 0 Å². The number of hydrogen-bond acceptors (Lipinski definition) is 3. The number of nitrogens with zero attached hydrogens (tertiary/aromatic N) is 1. The third-order valence-electron chi connectivity index (χ3n) is 1.35. The van der Waals surface area contributed by atoms with Gasteiger partial charge >= 0.3 is 0 Å². The van der Waals surface area contributed by atoms with Crippen LogP contribution in [-0.4, -0.2) is 22.5 Å². The monoisotopic (exact) mass is 239 g/mol. The second-order valence-electron chi connectivity index (χ2n) is 2.15. The van der Waals surface area contributed by atoms with E-state index in [1.54, 1.807) is 0 Å². The van der Waals surface area contributed by atoms with Crippen molar-refractivity contribution in [3.63, 3.8) is 0 Å². The highest BCUT2D eigenvalue weighted by molar-refractivity contribution is 14.1. The van der Waals surface area contributed by atoms with Gasteiger partial charge in [-0.3, -0.25) is 4.99 Å². The molecular formula is C5H10IN3. The molecule has 4 heteroatoms. The fourth-order valence-corrected chi connectivity index (χ4v) is 1.15. The zero-order valence-electron chi connectivity index (χ0n) is 5.26. The smallest absolute Gasteiger partial charge is 0.188 e. The lowest BCUT2D eigenvalue weighted by Gasteiger charge is -2.11. The van der Waals surface area contributed by atoms with Gasteiger partial charge in [-0.25, -0.2) is 0 Å². The van der Waals surface area contributed by atoms with Crippen molar-refractivity contribution < 1.29 is 0 Å². The number of alkyl halides is 1. The second-order valence-corrected chi connectivity index (χ2v) is 4.12. The average molecular weight is 239 g/mol. The Morgan fingerprint density at radius 3 is 2.89 bits per heavy atom. The summed E-state index contributed by atoms with van der Waals surface area (Å²) in [5.74, 6) is 0.587. The molecule has 0 bridgehead atoms. The van der Waals surface area contributed by atoms with Crippen molar-refractivity contribution in [1.29, 1.82) is 0 Å². The molecule has 0 radical (unpaired) electrons. The second kappa shape index (κ2) is 2.72. The highest BCUT2D eigenvalue weighted by Crippen LogP contribution is 2.08. The average Bonchev–Trinajstić information content (AvgIpc) is 2.14. The van der Waals surface area contributed by atoms with Crippen molar-refractivity contribution in [3.05, 3.63) is 0 Å². The van der Waals surface area contributed by atoms with E-state index in [1.165, 1.54) is 0 Å². The summed E-state index contributed by atoms with van der Waals surface area (Å²) in [7, 11) is 0. The molecule has 52 valence electrons. The van der Waals surface area contributed by atoms with Gasteiger partial charge in [0.15, 0.2) is 5.96 Å². The molecule has 1 heterocycles. The van der Waals surface area contributed by atoms with Crippen LogP contribution < -0.4 is 11.1 Å². The molecule has 0 fully saturated rings. The minimum absolute atomic E-state index is 0.450. The maximum Gasteiger partial charge on any atom is 0.188 e. The molecule has 0 spiro atoms. The Morgan fingerprint density at radius 2 is 2.67 bits per heavy atom. The lowest BCUT2D eigenvalue weighted by molar-refractivity contribution is 0.664. The van der Waals surface area contributed by atoms with Crippen molar-refractivity contribution >= 4 is 28.6 Å². The van der Waals surface area contributed by atoms with E-state index in [1.807, 2.05) is 0 Å². The van der Waals surface area contributed by atoms with Crippen LogP contribution in [0.1, 0.15) is 6.92 Å². The van der Waals surface area contributed by atoms with Gasteiger partial charge in [-0.2, -0.15) is 0 Å². The van der Waals surface area contributed by atoms with E-state index in [9.17, 15) is 0 Å². The summed E-state index contributed by atoms with van der Waals surface area (Å²) in [4.78, 5) is 4.02. The van der Waals surface area contributed by atoms with Crippen LogP contribution in [0.5, 0.6) is 0 Å². The summed E-state index contributed by atoms with van der Waals surface area (Å²) in [5, 5.41) is 3.07. The maximum absolute atomic E-state index is 5.40. The number of halogens is 1. The Morgan fingerprint density at radius 1 is 2.00 bits per heavy atom. The third-order valence-corrected chi connectivity index (χ3v) is 2.21. The molecule has 0 saturated carbocycles. The Kier molecular flexibility index (Phi) is 2.15. The number of aliphatic imine (C=N–C) groups is 1. The van der Waals surface area contributed by atoms with Crippen LogP contribution in [-0.2, 0) is 0 Å². The van der Waals surface area contributed by atoms with E-state index in [-0.39, 0.29) is 0 Å². The molecule has 3 nitrogen and oxygen atoms in total. The Balaban J connectivity index is 2.37. The van der Waals surface area contributed by atoms with Gasteiger partial charge in [0.1, 0.15) is 0 Å². The predicted octanol–water partition coefficient (Wildman–Crippen LogP) is 0.0964. The first-order valence-corrected chi connectivity index (χ1v) is 4.15. The van der Waals surface area contributed by atoms with E-state index >= 15 is 0 Å². The molecule has 0 aromatic heterocycles. The first-order valence-electron chi connectivity index (χ1n) is 2.90. The van der Waals surface area contributed by atoms with Crippen LogP contribution in [0, 0.1) is 0 Å². The highest BCUT2D eigenvalue weighted by Gasteiger charge is 2.18. The Labute approximate surface area is 68.2 Å². The zero-order valence-corrected chi connectivity index (χ0v) is 7.42. The van der Waals surface area contributed by atoms with E-state index in [2.05, 4.69) is 39.8 Å². The molecule has 1 rings (SSSR count). The molecule has 0 saturated heterocycles. The molecule has 2 unspecified atom stereocenters. The van der Waals surface area contributed by atoms with E-state index < -0.39 is 0 Å². The van der Waals surface area contributed by atoms with Gasteiger partial charge in [-0.15, -0.1) is 0 Å². The highest BCUT2D eigenvalue weighted by atomic mass is 127. The first-order chi connectivity index (χ1) is 4.20. The lowest BCUT2D eigenvalue weighted by atomic mass is 10.2. The number of guanidine groups is 1. The van der Waals surface area contributed by atoms with Gasteiger partial charge < -0.3 is 11.1 Å². The topological polar surface area (TPSA) is 50.4 Å². The molecule has 0 aromatic rings.